The van der Waals surface area contributed by atoms with E-state index in [-0.39, 0.29) is 18.2 Å². The van der Waals surface area contributed by atoms with Crippen LogP contribution in [0.25, 0.3) is 6.08 Å². The van der Waals surface area contributed by atoms with Crippen molar-refractivity contribution in [1.82, 2.24) is 0 Å². The SMILES string of the molecule is Cc1ccc(N2C(=O)/C(=C\c3ccc(SCCO)c([N+](=O)[O-])c3)SC2=S)c(C)c1. The number of nitro benzene ring substituents is 1. The Morgan fingerprint density at radius 2 is 2.03 bits per heavy atom. The van der Waals surface area contributed by atoms with Gasteiger partial charge < -0.3 is 5.11 Å². The molecule has 29 heavy (non-hydrogen) atoms. The van der Waals surface area contributed by atoms with Gasteiger partial charge in [-0.3, -0.25) is 19.8 Å². The minimum absolute atomic E-state index is 0.0537. The number of benzene rings is 2. The number of carbonyl (C=O) groups is 1. The maximum Gasteiger partial charge on any atom is 0.283 e. The second kappa shape index (κ2) is 9.08. The Kier molecular flexibility index (Phi) is 6.74. The van der Waals surface area contributed by atoms with Gasteiger partial charge in [0.2, 0.25) is 0 Å². The summed E-state index contributed by atoms with van der Waals surface area (Å²) in [5.41, 5.74) is 3.28. The van der Waals surface area contributed by atoms with Crippen molar-refractivity contribution in [3.05, 3.63) is 68.1 Å². The van der Waals surface area contributed by atoms with Crippen molar-refractivity contribution in [3.63, 3.8) is 0 Å². The summed E-state index contributed by atoms with van der Waals surface area (Å²) in [5, 5.41) is 20.4. The topological polar surface area (TPSA) is 83.7 Å². The summed E-state index contributed by atoms with van der Waals surface area (Å²) in [6, 6.07) is 10.6. The smallest absolute Gasteiger partial charge is 0.283 e. The van der Waals surface area contributed by atoms with Gasteiger partial charge in [0.1, 0.15) is 0 Å². The molecule has 150 valence electrons. The molecule has 2 aromatic carbocycles. The fraction of sp³-hybridized carbons (Fsp3) is 0.200. The first-order valence-electron chi connectivity index (χ1n) is 8.69. The number of aliphatic hydroxyl groups is 1. The van der Waals surface area contributed by atoms with E-state index in [1.165, 1.54) is 34.5 Å². The van der Waals surface area contributed by atoms with E-state index in [4.69, 9.17) is 17.3 Å². The number of hydrogen-bond acceptors (Lipinski definition) is 7. The van der Waals surface area contributed by atoms with Crippen molar-refractivity contribution in [2.24, 2.45) is 0 Å². The number of rotatable bonds is 6. The highest BCUT2D eigenvalue weighted by Crippen LogP contribution is 2.38. The number of aliphatic hydroxyl groups excluding tert-OH is 1. The summed E-state index contributed by atoms with van der Waals surface area (Å²) >= 11 is 7.81. The lowest BCUT2D eigenvalue weighted by molar-refractivity contribution is -0.387. The van der Waals surface area contributed by atoms with E-state index in [0.29, 0.717) is 25.4 Å². The Hall–Kier alpha value is -2.20. The highest BCUT2D eigenvalue weighted by Gasteiger charge is 2.34. The van der Waals surface area contributed by atoms with Crippen LogP contribution in [0.2, 0.25) is 0 Å². The van der Waals surface area contributed by atoms with Crippen LogP contribution < -0.4 is 4.90 Å². The molecule has 1 heterocycles. The lowest BCUT2D eigenvalue weighted by Gasteiger charge is -2.17. The maximum absolute atomic E-state index is 13.0. The molecule has 0 unspecified atom stereocenters. The van der Waals surface area contributed by atoms with Crippen LogP contribution in [0, 0.1) is 24.0 Å². The summed E-state index contributed by atoms with van der Waals surface area (Å²) in [4.78, 5) is 26.3. The Morgan fingerprint density at radius 1 is 1.28 bits per heavy atom. The zero-order valence-corrected chi connectivity index (χ0v) is 18.2. The molecule has 0 saturated carbocycles. The van der Waals surface area contributed by atoms with Gasteiger partial charge in [-0.15, -0.1) is 11.8 Å². The predicted molar refractivity (Wildman–Crippen MR) is 122 cm³/mol. The van der Waals surface area contributed by atoms with Gasteiger partial charge in [-0.2, -0.15) is 0 Å². The van der Waals surface area contributed by atoms with Crippen LogP contribution >= 0.6 is 35.7 Å². The minimum Gasteiger partial charge on any atom is -0.396 e. The number of thiocarbonyl (C=S) groups is 1. The summed E-state index contributed by atoms with van der Waals surface area (Å²) in [6.07, 6.45) is 1.62. The normalized spacial score (nSPS) is 15.4. The lowest BCUT2D eigenvalue weighted by Crippen LogP contribution is -2.28. The Balaban J connectivity index is 1.93. The molecule has 1 amide bonds. The molecule has 9 heteroatoms. The van der Waals surface area contributed by atoms with Crippen LogP contribution in [0.5, 0.6) is 0 Å². The molecule has 0 radical (unpaired) electrons. The third kappa shape index (κ3) is 4.69. The highest BCUT2D eigenvalue weighted by molar-refractivity contribution is 8.27. The van der Waals surface area contributed by atoms with Gasteiger partial charge in [-0.1, -0.05) is 47.7 Å². The molecule has 0 spiro atoms. The third-order valence-electron chi connectivity index (χ3n) is 4.21. The molecule has 0 bridgehead atoms. The molecule has 1 saturated heterocycles. The predicted octanol–water partition coefficient (Wildman–Crippen LogP) is 4.70. The molecule has 0 atom stereocenters. The first kappa shape index (κ1) is 21.5. The lowest BCUT2D eigenvalue weighted by atomic mass is 10.1. The van der Waals surface area contributed by atoms with E-state index in [2.05, 4.69) is 0 Å². The minimum atomic E-state index is -0.460. The van der Waals surface area contributed by atoms with E-state index >= 15 is 0 Å². The molecule has 0 aliphatic carbocycles. The third-order valence-corrected chi connectivity index (χ3v) is 6.56. The largest absolute Gasteiger partial charge is 0.396 e. The molecule has 3 rings (SSSR count). The fourth-order valence-corrected chi connectivity index (χ4v) is 4.97. The average molecular weight is 447 g/mol. The number of hydrogen-bond donors (Lipinski definition) is 1. The summed E-state index contributed by atoms with van der Waals surface area (Å²) < 4.78 is 0.429. The van der Waals surface area contributed by atoms with E-state index < -0.39 is 4.92 Å². The standard InChI is InChI=1S/C20H18N2O4S3/c1-12-3-5-15(13(2)9-12)21-19(24)18(29-20(21)27)11-14-4-6-17(28-8-7-23)16(10-14)22(25)26/h3-6,9-11,23H,7-8H2,1-2H3/b18-11+. The average Bonchev–Trinajstić information content (AvgIpc) is 2.94. The number of nitrogens with zero attached hydrogens (tertiary/aromatic N) is 2. The van der Waals surface area contributed by atoms with Crippen molar-refractivity contribution in [2.45, 2.75) is 18.7 Å². The zero-order chi connectivity index (χ0) is 21.1. The quantitative estimate of drug-likeness (QED) is 0.226. The van der Waals surface area contributed by atoms with E-state index in [0.717, 1.165) is 16.8 Å². The first-order chi connectivity index (χ1) is 13.8. The number of carbonyl (C=O) groups excluding carboxylic acids is 1. The number of thioether (sulfide) groups is 2. The zero-order valence-electron chi connectivity index (χ0n) is 15.7. The summed E-state index contributed by atoms with van der Waals surface area (Å²) in [5.74, 6) is 0.128. The maximum atomic E-state index is 13.0. The van der Waals surface area contributed by atoms with Crippen LogP contribution in [-0.2, 0) is 4.79 Å². The van der Waals surface area contributed by atoms with E-state index in [1.54, 1.807) is 18.2 Å². The van der Waals surface area contributed by atoms with Crippen molar-refractivity contribution >= 4 is 63.4 Å². The molecule has 1 N–H and O–H groups in total. The summed E-state index contributed by atoms with van der Waals surface area (Å²) in [6.45, 7) is 3.84. The molecule has 0 aromatic heterocycles. The molecular formula is C20H18N2O4S3. The highest BCUT2D eigenvalue weighted by atomic mass is 32.2. The van der Waals surface area contributed by atoms with Gasteiger partial charge in [-0.05, 0) is 43.2 Å². The van der Waals surface area contributed by atoms with Gasteiger partial charge in [0.25, 0.3) is 11.6 Å². The van der Waals surface area contributed by atoms with E-state index in [9.17, 15) is 14.9 Å². The van der Waals surface area contributed by atoms with Gasteiger partial charge in [0, 0.05) is 11.8 Å². The Bertz CT molecular complexity index is 1040. The molecular weight excluding hydrogens is 428 g/mol. The van der Waals surface area contributed by atoms with Crippen LogP contribution in [0.4, 0.5) is 11.4 Å². The second-order valence-electron chi connectivity index (χ2n) is 6.36. The second-order valence-corrected chi connectivity index (χ2v) is 9.18. The number of amides is 1. The van der Waals surface area contributed by atoms with Crippen LogP contribution in [0.1, 0.15) is 16.7 Å². The van der Waals surface area contributed by atoms with E-state index in [1.807, 2.05) is 32.0 Å². The fourth-order valence-electron chi connectivity index (χ4n) is 2.93. The monoisotopic (exact) mass is 446 g/mol. The van der Waals surface area contributed by atoms with Crippen molar-refractivity contribution in [2.75, 3.05) is 17.3 Å². The molecule has 1 aliphatic heterocycles. The van der Waals surface area contributed by atoms with Gasteiger partial charge in [0.05, 0.1) is 27.0 Å². The van der Waals surface area contributed by atoms with Crippen molar-refractivity contribution < 1.29 is 14.8 Å². The molecule has 1 fully saturated rings. The summed E-state index contributed by atoms with van der Waals surface area (Å²) in [7, 11) is 0. The first-order valence-corrected chi connectivity index (χ1v) is 10.9. The van der Waals surface area contributed by atoms with Crippen molar-refractivity contribution in [3.8, 4) is 0 Å². The van der Waals surface area contributed by atoms with Gasteiger partial charge in [0.15, 0.2) is 4.32 Å². The molecule has 6 nitrogen and oxygen atoms in total. The van der Waals surface area contributed by atoms with Crippen LogP contribution in [-0.4, -0.2) is 32.6 Å². The Morgan fingerprint density at radius 3 is 2.69 bits per heavy atom. The van der Waals surface area contributed by atoms with Crippen LogP contribution in [0.3, 0.4) is 0 Å². The number of aryl methyl sites for hydroxylation is 2. The number of nitro groups is 1. The Labute approximate surface area is 182 Å². The molecule has 2 aromatic rings. The molecule has 1 aliphatic rings. The van der Waals surface area contributed by atoms with Crippen molar-refractivity contribution in [1.29, 1.82) is 0 Å². The van der Waals surface area contributed by atoms with Gasteiger partial charge in [-0.25, -0.2) is 0 Å². The van der Waals surface area contributed by atoms with Crippen LogP contribution in [0.15, 0.2) is 46.2 Å². The number of anilines is 1. The van der Waals surface area contributed by atoms with Gasteiger partial charge >= 0.3 is 0 Å².